The van der Waals surface area contributed by atoms with Gasteiger partial charge in [0.1, 0.15) is 34.8 Å². The van der Waals surface area contributed by atoms with Crippen molar-refractivity contribution in [2.75, 3.05) is 12.3 Å². The Kier molecular flexibility index (Phi) is 8.41. The van der Waals surface area contributed by atoms with E-state index < -0.39 is 74.9 Å². The van der Waals surface area contributed by atoms with Crippen LogP contribution in [0.5, 0.6) is 0 Å². The van der Waals surface area contributed by atoms with Gasteiger partial charge in [-0.1, -0.05) is 0 Å². The molecule has 3 aromatic rings. The number of hydrogen-bond acceptors (Lipinski definition) is 6. The number of nitrogens with two attached hydrogens (primary N) is 1. The van der Waals surface area contributed by atoms with E-state index in [9.17, 15) is 23.2 Å². The number of nitrogens with one attached hydrogen (secondary N) is 1. The summed E-state index contributed by atoms with van der Waals surface area (Å²) in [6, 6.07) is 5.46. The molecule has 38 heavy (non-hydrogen) atoms. The van der Waals surface area contributed by atoms with Gasteiger partial charge in [-0.05, 0) is 76.6 Å². The Hall–Kier alpha value is -3.99. The number of anilines is 1. The lowest BCUT2D eigenvalue weighted by atomic mass is 10.0. The minimum absolute atomic E-state index is 0.133. The first kappa shape index (κ1) is 28.6. The van der Waals surface area contributed by atoms with E-state index in [2.05, 4.69) is 5.32 Å². The van der Waals surface area contributed by atoms with Gasteiger partial charge < -0.3 is 15.8 Å². The second kappa shape index (κ2) is 11.2. The van der Waals surface area contributed by atoms with Crippen LogP contribution >= 0.6 is 0 Å². The second-order valence-electron chi connectivity index (χ2n) is 9.63. The second-order valence-corrected chi connectivity index (χ2v) is 9.63. The van der Waals surface area contributed by atoms with Gasteiger partial charge in [-0.25, -0.2) is 17.6 Å². The Labute approximate surface area is 216 Å². The molecule has 1 unspecified atom stereocenters. The fourth-order valence-electron chi connectivity index (χ4n) is 3.68. The number of benzene rings is 2. The fraction of sp³-hybridized carbons (Fsp3) is 0.296. The number of pyridine rings is 1. The van der Waals surface area contributed by atoms with E-state index in [-0.39, 0.29) is 18.5 Å². The average Bonchev–Trinajstić information content (AvgIpc) is 2.79. The van der Waals surface area contributed by atoms with Crippen molar-refractivity contribution in [2.45, 2.75) is 45.8 Å². The Morgan fingerprint density at radius 1 is 0.974 bits per heavy atom. The van der Waals surface area contributed by atoms with E-state index in [1.54, 1.807) is 27.7 Å². The van der Waals surface area contributed by atoms with Crippen molar-refractivity contribution in [3.63, 3.8) is 0 Å². The lowest BCUT2D eigenvalue weighted by Crippen LogP contribution is -2.40. The van der Waals surface area contributed by atoms with Crippen LogP contribution in [0.15, 0.2) is 47.3 Å². The number of carbonyl (C=O) groups excluding carboxylic acids is 2. The first-order chi connectivity index (χ1) is 17.7. The predicted octanol–water partition coefficient (Wildman–Crippen LogP) is 4.07. The van der Waals surface area contributed by atoms with Gasteiger partial charge in [0.05, 0.1) is 11.1 Å². The van der Waals surface area contributed by atoms with E-state index in [1.165, 1.54) is 0 Å². The number of halogens is 4. The van der Waals surface area contributed by atoms with Crippen molar-refractivity contribution < 1.29 is 31.9 Å². The maximum Gasteiger partial charge on any atom is 0.323 e. The third-order valence-corrected chi connectivity index (χ3v) is 5.48. The Balaban J connectivity index is 1.87. The molecule has 7 nitrogen and oxygen atoms in total. The number of nitrogens with zero attached hydrogens (tertiary/aromatic N) is 1. The van der Waals surface area contributed by atoms with E-state index in [4.69, 9.17) is 10.5 Å². The van der Waals surface area contributed by atoms with Gasteiger partial charge in [0, 0.05) is 12.1 Å². The molecule has 0 fully saturated rings. The molecular weight excluding hydrogens is 506 g/mol. The zero-order valence-corrected chi connectivity index (χ0v) is 21.2. The molecule has 0 aliphatic rings. The monoisotopic (exact) mass is 533 g/mol. The summed E-state index contributed by atoms with van der Waals surface area (Å²) in [6.07, 6.45) is 0.133. The van der Waals surface area contributed by atoms with Gasteiger partial charge in [-0.3, -0.25) is 19.0 Å². The minimum Gasteiger partial charge on any atom is -0.459 e. The molecular formula is C27H27F4N3O4. The van der Waals surface area contributed by atoms with E-state index in [0.29, 0.717) is 10.6 Å². The summed E-state index contributed by atoms with van der Waals surface area (Å²) >= 11 is 0. The van der Waals surface area contributed by atoms with Crippen molar-refractivity contribution in [3.8, 4) is 5.69 Å². The molecule has 0 aliphatic carbocycles. The van der Waals surface area contributed by atoms with Crippen LogP contribution in [0.4, 0.5) is 23.4 Å². The van der Waals surface area contributed by atoms with Crippen molar-refractivity contribution in [3.05, 3.63) is 92.8 Å². The van der Waals surface area contributed by atoms with Crippen LogP contribution in [0.2, 0.25) is 0 Å². The van der Waals surface area contributed by atoms with Crippen LogP contribution in [0, 0.1) is 23.3 Å². The van der Waals surface area contributed by atoms with Crippen molar-refractivity contribution in [1.82, 2.24) is 9.88 Å². The molecule has 1 atom stereocenters. The summed E-state index contributed by atoms with van der Waals surface area (Å²) in [5.41, 5.74) is 2.82. The quantitative estimate of drug-likeness (QED) is 0.257. The van der Waals surface area contributed by atoms with Crippen LogP contribution < -0.4 is 16.6 Å². The van der Waals surface area contributed by atoms with Crippen LogP contribution in [-0.4, -0.2) is 34.5 Å². The summed E-state index contributed by atoms with van der Waals surface area (Å²) in [5, 5.41) is 2.91. The summed E-state index contributed by atoms with van der Waals surface area (Å²) in [7, 11) is 0. The number of esters is 1. The Bertz CT molecular complexity index is 1420. The number of hydrogen-bond donors (Lipinski definition) is 2. The number of rotatable bonds is 8. The zero-order chi connectivity index (χ0) is 28.4. The van der Waals surface area contributed by atoms with Gasteiger partial charge in [-0.2, -0.15) is 0 Å². The number of ketones is 1. The first-order valence-corrected chi connectivity index (χ1v) is 11.7. The van der Waals surface area contributed by atoms with Crippen molar-refractivity contribution in [1.29, 1.82) is 0 Å². The number of carbonyl (C=O) groups is 2. The molecule has 1 aromatic heterocycles. The van der Waals surface area contributed by atoms with Crippen LogP contribution in [0.25, 0.3) is 5.69 Å². The molecule has 0 spiro atoms. The zero-order valence-electron chi connectivity index (χ0n) is 21.2. The summed E-state index contributed by atoms with van der Waals surface area (Å²) in [4.78, 5) is 37.4. The molecule has 0 saturated heterocycles. The lowest BCUT2D eigenvalue weighted by molar-refractivity contribution is -0.156. The maximum atomic E-state index is 15.1. The predicted molar refractivity (Wildman–Crippen MR) is 133 cm³/mol. The third-order valence-electron chi connectivity index (χ3n) is 5.48. The fourth-order valence-corrected chi connectivity index (χ4v) is 3.68. The minimum atomic E-state index is -1.16. The molecule has 2 aromatic carbocycles. The molecule has 0 aliphatic heterocycles. The van der Waals surface area contributed by atoms with E-state index >= 15 is 8.78 Å². The molecule has 3 N–H and O–H groups in total. The topological polar surface area (TPSA) is 103 Å². The summed E-state index contributed by atoms with van der Waals surface area (Å²) < 4.78 is 63.3. The van der Waals surface area contributed by atoms with Crippen molar-refractivity contribution in [2.24, 2.45) is 0 Å². The van der Waals surface area contributed by atoms with Gasteiger partial charge in [0.2, 0.25) is 0 Å². The normalized spacial score (nSPS) is 12.3. The molecule has 1 heterocycles. The largest absolute Gasteiger partial charge is 0.459 e. The smallest absolute Gasteiger partial charge is 0.323 e. The number of nitrogen functional groups attached to an aromatic ring is 1. The summed E-state index contributed by atoms with van der Waals surface area (Å²) in [6.45, 7) is 6.98. The van der Waals surface area contributed by atoms with E-state index in [1.807, 2.05) is 0 Å². The molecule has 11 heteroatoms. The summed E-state index contributed by atoms with van der Waals surface area (Å²) in [5.74, 6) is -6.44. The lowest BCUT2D eigenvalue weighted by Gasteiger charge is -2.22. The molecule has 0 amide bonds. The highest BCUT2D eigenvalue weighted by molar-refractivity contribution is 6.11. The van der Waals surface area contributed by atoms with Gasteiger partial charge in [0.25, 0.3) is 5.56 Å². The molecule has 0 bridgehead atoms. The van der Waals surface area contributed by atoms with Crippen molar-refractivity contribution >= 4 is 17.6 Å². The highest BCUT2D eigenvalue weighted by atomic mass is 19.1. The standard InChI is InChI=1S/C27H27F4N3O4/c1-14(26(37)38-27(2,3)4)33-10-9-15-11-20(30)23(21(31)12-15)34-22(35)8-7-18(25(34)32)24(36)17-6-5-16(28)13-19(17)29/h5-8,11-14,33H,9-10,32H2,1-4H3. The van der Waals surface area contributed by atoms with Gasteiger partial charge >= 0.3 is 5.97 Å². The molecule has 0 saturated carbocycles. The third kappa shape index (κ3) is 6.46. The van der Waals surface area contributed by atoms with Gasteiger partial charge in [-0.15, -0.1) is 0 Å². The Morgan fingerprint density at radius 3 is 2.16 bits per heavy atom. The Morgan fingerprint density at radius 2 is 1.58 bits per heavy atom. The molecule has 202 valence electrons. The number of aromatic nitrogens is 1. The van der Waals surface area contributed by atoms with E-state index in [0.717, 1.165) is 36.4 Å². The average molecular weight is 534 g/mol. The highest BCUT2D eigenvalue weighted by Crippen LogP contribution is 2.25. The van der Waals surface area contributed by atoms with Crippen LogP contribution in [0.3, 0.4) is 0 Å². The number of ether oxygens (including phenoxy) is 1. The first-order valence-electron chi connectivity index (χ1n) is 11.7. The molecule has 3 rings (SSSR count). The van der Waals surface area contributed by atoms with Gasteiger partial charge in [0.15, 0.2) is 17.4 Å². The maximum absolute atomic E-state index is 15.1. The van der Waals surface area contributed by atoms with Crippen LogP contribution in [0.1, 0.15) is 49.2 Å². The SMILES string of the molecule is CC(NCCc1cc(F)c(-n2c(N)c(C(=O)c3ccc(F)cc3F)ccc2=O)c(F)c1)C(=O)OC(C)(C)C. The molecule has 0 radical (unpaired) electrons. The highest BCUT2D eigenvalue weighted by Gasteiger charge is 2.24. The van der Waals surface area contributed by atoms with Crippen LogP contribution in [-0.2, 0) is 16.0 Å².